The smallest absolute Gasteiger partial charge is 0.105 e. The van der Waals surface area contributed by atoms with E-state index in [0.717, 1.165) is 76.8 Å². The summed E-state index contributed by atoms with van der Waals surface area (Å²) in [6.07, 6.45) is 20.8. The van der Waals surface area contributed by atoms with Gasteiger partial charge in [-0.2, -0.15) is 12.6 Å². The number of rotatable bonds is 12. The van der Waals surface area contributed by atoms with Gasteiger partial charge in [-0.3, -0.25) is 0 Å². The van der Waals surface area contributed by atoms with Gasteiger partial charge in [0.25, 0.3) is 0 Å². The molecule has 0 bridgehead atoms. The van der Waals surface area contributed by atoms with Crippen molar-refractivity contribution >= 4 is 20.5 Å². The topological polar surface area (TPSA) is 12.0 Å². The molecule has 244 valence electrons. The van der Waals surface area contributed by atoms with E-state index < -0.39 is 0 Å². The molecule has 0 spiro atoms. The van der Waals surface area contributed by atoms with Gasteiger partial charge in [-0.05, 0) is 180 Å². The van der Waals surface area contributed by atoms with E-state index in [4.69, 9.17) is 12.6 Å². The van der Waals surface area contributed by atoms with Crippen molar-refractivity contribution in [2.24, 2.45) is 76.9 Å². The zero-order valence-corrected chi connectivity index (χ0v) is 30.7. The molecule has 1 N–H and O–H groups in total. The first kappa shape index (κ1) is 35.2. The standard InChI is InChI=1S/C39H74BNS/c1-24(2)31-9-17-35(18-10-31)36-19-13-33(14-20-36)27(5)39(30(8)42)23-41-29(7)34-15-11-32(12-16-34)26(4)37-21-25(3)38(22-37)28(6)40/h24-39,41-42H,9-23,40H2,1-8H3. The second-order valence-corrected chi connectivity index (χ2v) is 18.5. The van der Waals surface area contributed by atoms with Gasteiger partial charge < -0.3 is 5.32 Å². The third-order valence-electron chi connectivity index (χ3n) is 14.8. The van der Waals surface area contributed by atoms with Gasteiger partial charge >= 0.3 is 0 Å². The highest BCUT2D eigenvalue weighted by Crippen LogP contribution is 2.49. The summed E-state index contributed by atoms with van der Waals surface area (Å²) in [4.78, 5) is 0. The molecule has 0 aromatic rings. The lowest BCUT2D eigenvalue weighted by Crippen LogP contribution is -2.43. The summed E-state index contributed by atoms with van der Waals surface area (Å²) in [5.41, 5.74) is 0. The van der Waals surface area contributed by atoms with Crippen LogP contribution >= 0.6 is 12.6 Å². The lowest BCUT2D eigenvalue weighted by atomic mass is 9.65. The molecular formula is C39H74BNS. The SMILES string of the molecule is BC(C)C1CC(C(C)C2CCC(C(C)NCC(C(C)S)C(C)C3CCC(C4CCC(C(C)C)CC4)CC3)CC2)CC1C. The molecule has 0 saturated heterocycles. The monoisotopic (exact) mass is 600 g/mol. The van der Waals surface area contributed by atoms with Crippen LogP contribution in [0.2, 0.25) is 5.82 Å². The predicted octanol–water partition coefficient (Wildman–Crippen LogP) is 10.4. The molecule has 3 heteroatoms. The van der Waals surface area contributed by atoms with Crippen molar-refractivity contribution in [2.45, 2.75) is 162 Å². The van der Waals surface area contributed by atoms with E-state index in [1.807, 2.05) is 0 Å². The Kier molecular flexibility index (Phi) is 13.7. The van der Waals surface area contributed by atoms with Gasteiger partial charge in [0.05, 0.1) is 0 Å². The molecule has 4 aliphatic carbocycles. The lowest BCUT2D eigenvalue weighted by molar-refractivity contribution is 0.101. The van der Waals surface area contributed by atoms with Crippen LogP contribution in [0.15, 0.2) is 0 Å². The lowest BCUT2D eigenvalue weighted by Gasteiger charge is -2.42. The van der Waals surface area contributed by atoms with E-state index in [1.165, 1.54) is 96.4 Å². The van der Waals surface area contributed by atoms with Crippen molar-refractivity contribution in [1.82, 2.24) is 5.32 Å². The number of nitrogens with one attached hydrogen (secondary N) is 1. The number of hydrogen-bond acceptors (Lipinski definition) is 2. The summed E-state index contributed by atoms with van der Waals surface area (Å²) in [7, 11) is 2.46. The van der Waals surface area contributed by atoms with Crippen LogP contribution < -0.4 is 5.32 Å². The molecule has 9 atom stereocenters. The highest BCUT2D eigenvalue weighted by Gasteiger charge is 2.40. The minimum absolute atomic E-state index is 0.476. The fourth-order valence-electron chi connectivity index (χ4n) is 11.3. The van der Waals surface area contributed by atoms with E-state index in [0.29, 0.717) is 17.2 Å². The van der Waals surface area contributed by atoms with Crippen LogP contribution in [0.5, 0.6) is 0 Å². The van der Waals surface area contributed by atoms with Crippen molar-refractivity contribution in [1.29, 1.82) is 0 Å². The fourth-order valence-corrected chi connectivity index (χ4v) is 11.7. The number of hydrogen-bond donors (Lipinski definition) is 2. The Balaban J connectivity index is 1.18. The second kappa shape index (κ2) is 16.3. The Labute approximate surface area is 270 Å². The van der Waals surface area contributed by atoms with E-state index in [9.17, 15) is 0 Å². The molecule has 9 unspecified atom stereocenters. The van der Waals surface area contributed by atoms with Crippen LogP contribution in [0.25, 0.3) is 0 Å². The summed E-state index contributed by atoms with van der Waals surface area (Å²) >= 11 is 5.07. The molecule has 4 aliphatic rings. The third-order valence-corrected chi connectivity index (χ3v) is 15.2. The first-order valence-electron chi connectivity index (χ1n) is 19.4. The highest BCUT2D eigenvalue weighted by atomic mass is 32.1. The largest absolute Gasteiger partial charge is 0.314 e. The van der Waals surface area contributed by atoms with Gasteiger partial charge in [0, 0.05) is 11.3 Å². The maximum atomic E-state index is 5.07. The van der Waals surface area contributed by atoms with Crippen LogP contribution in [0.3, 0.4) is 0 Å². The van der Waals surface area contributed by atoms with Crippen LogP contribution in [0.1, 0.15) is 145 Å². The normalized spacial score (nSPS) is 40.8. The van der Waals surface area contributed by atoms with E-state index in [1.54, 1.807) is 0 Å². The van der Waals surface area contributed by atoms with Crippen LogP contribution in [0, 0.1) is 76.9 Å². The first-order chi connectivity index (χ1) is 20.0. The summed E-state index contributed by atoms with van der Waals surface area (Å²) in [6.45, 7) is 21.1. The average Bonchev–Trinajstić information content (AvgIpc) is 3.38. The molecular weight excluding hydrogens is 525 g/mol. The summed E-state index contributed by atoms with van der Waals surface area (Å²) in [5, 5.41) is 4.58. The molecule has 4 fully saturated rings. The van der Waals surface area contributed by atoms with Gasteiger partial charge in [-0.1, -0.05) is 54.3 Å². The molecule has 4 saturated carbocycles. The molecule has 0 radical (unpaired) electrons. The summed E-state index contributed by atoms with van der Waals surface area (Å²) < 4.78 is 0. The molecule has 0 heterocycles. The third kappa shape index (κ3) is 9.00. The maximum Gasteiger partial charge on any atom is 0.105 e. The molecule has 0 aromatic carbocycles. The molecule has 4 rings (SSSR count). The van der Waals surface area contributed by atoms with Crippen molar-refractivity contribution in [3.63, 3.8) is 0 Å². The summed E-state index contributed by atoms with van der Waals surface area (Å²) in [6, 6.07) is 0.650. The summed E-state index contributed by atoms with van der Waals surface area (Å²) in [5.74, 6) is 12.9. The van der Waals surface area contributed by atoms with Crippen LogP contribution in [-0.4, -0.2) is 25.7 Å². The molecule has 0 aliphatic heterocycles. The zero-order valence-electron chi connectivity index (χ0n) is 29.8. The Bertz CT molecular complexity index is 758. The van der Waals surface area contributed by atoms with Gasteiger partial charge in [0.15, 0.2) is 0 Å². The highest BCUT2D eigenvalue weighted by molar-refractivity contribution is 7.80. The Hall–Kier alpha value is 0.375. The predicted molar refractivity (Wildman–Crippen MR) is 192 cm³/mol. The first-order valence-corrected chi connectivity index (χ1v) is 19.9. The number of thiol groups is 1. The Morgan fingerprint density at radius 2 is 1.14 bits per heavy atom. The quantitative estimate of drug-likeness (QED) is 0.168. The molecule has 0 aromatic heterocycles. The van der Waals surface area contributed by atoms with Crippen molar-refractivity contribution < 1.29 is 0 Å². The fraction of sp³-hybridized carbons (Fsp3) is 1.00. The Morgan fingerprint density at radius 3 is 1.62 bits per heavy atom. The minimum Gasteiger partial charge on any atom is -0.314 e. The minimum atomic E-state index is 0.476. The van der Waals surface area contributed by atoms with Gasteiger partial charge in [0.1, 0.15) is 7.85 Å². The molecule has 0 amide bonds. The maximum absolute atomic E-state index is 5.07. The van der Waals surface area contributed by atoms with Crippen molar-refractivity contribution in [3.8, 4) is 0 Å². The molecule has 42 heavy (non-hydrogen) atoms. The van der Waals surface area contributed by atoms with Crippen LogP contribution in [-0.2, 0) is 0 Å². The van der Waals surface area contributed by atoms with Gasteiger partial charge in [-0.15, -0.1) is 0 Å². The van der Waals surface area contributed by atoms with E-state index in [-0.39, 0.29) is 0 Å². The average molecular weight is 600 g/mol. The van der Waals surface area contributed by atoms with Gasteiger partial charge in [0.2, 0.25) is 0 Å². The molecule has 1 nitrogen and oxygen atoms in total. The van der Waals surface area contributed by atoms with E-state index >= 15 is 0 Å². The second-order valence-electron chi connectivity index (χ2n) is 17.7. The van der Waals surface area contributed by atoms with Crippen molar-refractivity contribution in [2.75, 3.05) is 6.54 Å². The van der Waals surface area contributed by atoms with E-state index in [2.05, 4.69) is 68.6 Å². The van der Waals surface area contributed by atoms with Crippen LogP contribution in [0.4, 0.5) is 0 Å². The Morgan fingerprint density at radius 1 is 0.643 bits per heavy atom. The zero-order chi connectivity index (χ0) is 30.6. The van der Waals surface area contributed by atoms with Gasteiger partial charge in [-0.25, -0.2) is 0 Å². The van der Waals surface area contributed by atoms with Crippen molar-refractivity contribution in [3.05, 3.63) is 0 Å².